The van der Waals surface area contributed by atoms with Crippen molar-refractivity contribution >= 4 is 27.2 Å². The summed E-state index contributed by atoms with van der Waals surface area (Å²) in [6.07, 6.45) is 7.28. The lowest BCUT2D eigenvalue weighted by molar-refractivity contribution is 0.266. The predicted octanol–water partition coefficient (Wildman–Crippen LogP) is 2.88. The number of nitrogens with one attached hydrogen (secondary N) is 1. The van der Waals surface area contributed by atoms with Gasteiger partial charge in [0, 0.05) is 50.7 Å². The zero-order chi connectivity index (χ0) is 19.6. The van der Waals surface area contributed by atoms with Gasteiger partial charge in [-0.15, -0.1) is 10.2 Å². The van der Waals surface area contributed by atoms with Crippen LogP contribution in [0.25, 0.3) is 5.57 Å². The van der Waals surface area contributed by atoms with Gasteiger partial charge < -0.3 is 20.5 Å². The molecule has 0 spiro atoms. The number of nitrogens with two attached hydrogens (primary N) is 1. The van der Waals surface area contributed by atoms with Crippen LogP contribution in [0.3, 0.4) is 0 Å². The third kappa shape index (κ3) is 3.77. The molecule has 150 valence electrons. The summed E-state index contributed by atoms with van der Waals surface area (Å²) in [6, 6.07) is 8.84. The molecule has 0 aliphatic carbocycles. The van der Waals surface area contributed by atoms with E-state index in [0.717, 1.165) is 62.9 Å². The minimum absolute atomic E-state index is 0.504. The van der Waals surface area contributed by atoms with Gasteiger partial charge in [0.2, 0.25) is 10.3 Å². The second-order valence-electron chi connectivity index (χ2n) is 7.54. The Hall–Kier alpha value is -2.71. The van der Waals surface area contributed by atoms with Crippen LogP contribution in [0.5, 0.6) is 0 Å². The van der Waals surface area contributed by atoms with Crippen LogP contribution in [0.1, 0.15) is 29.8 Å². The number of rotatable bonds is 4. The number of piperidine rings is 1. The Balaban J connectivity index is 1.31. The average molecular weight is 408 g/mol. The van der Waals surface area contributed by atoms with Crippen molar-refractivity contribution in [3.63, 3.8) is 0 Å². The van der Waals surface area contributed by atoms with E-state index in [1.54, 1.807) is 0 Å². The Bertz CT molecular complexity index is 1030. The van der Waals surface area contributed by atoms with Crippen molar-refractivity contribution in [3.05, 3.63) is 59.2 Å². The van der Waals surface area contributed by atoms with Crippen molar-refractivity contribution in [2.24, 2.45) is 0 Å². The van der Waals surface area contributed by atoms with Crippen LogP contribution in [0.4, 0.5) is 10.3 Å². The van der Waals surface area contributed by atoms with Crippen LogP contribution < -0.4 is 11.1 Å². The first-order chi connectivity index (χ1) is 14.3. The number of aromatic nitrogens is 4. The molecule has 8 heteroatoms. The van der Waals surface area contributed by atoms with Crippen LogP contribution in [-0.2, 0) is 13.0 Å². The van der Waals surface area contributed by atoms with E-state index in [1.807, 2.05) is 6.20 Å². The highest BCUT2D eigenvalue weighted by Crippen LogP contribution is 2.35. The van der Waals surface area contributed by atoms with Gasteiger partial charge in [-0.1, -0.05) is 41.2 Å². The molecule has 3 N–H and O–H groups in total. The molecule has 4 heterocycles. The molecule has 0 radical (unpaired) electrons. The second kappa shape index (κ2) is 7.96. The van der Waals surface area contributed by atoms with Crippen molar-refractivity contribution in [1.29, 1.82) is 0 Å². The number of hydrogen-bond donors (Lipinski definition) is 2. The third-order valence-electron chi connectivity index (χ3n) is 5.81. The summed E-state index contributed by atoms with van der Waals surface area (Å²) in [4.78, 5) is 7.25. The number of fused-ring (bicyclic) bond motifs is 2. The van der Waals surface area contributed by atoms with E-state index in [4.69, 9.17) is 10.7 Å². The first kappa shape index (κ1) is 18.3. The number of hydrogen-bond acceptors (Lipinski definition) is 7. The maximum Gasteiger partial charge on any atom is 0.207 e. The molecule has 2 aliphatic rings. The minimum Gasteiger partial charge on any atom is -0.374 e. The summed E-state index contributed by atoms with van der Waals surface area (Å²) in [5.41, 5.74) is 11.3. The van der Waals surface area contributed by atoms with Crippen molar-refractivity contribution < 1.29 is 0 Å². The molecule has 3 aromatic rings. The Labute approximate surface area is 174 Å². The van der Waals surface area contributed by atoms with E-state index < -0.39 is 0 Å². The number of nitrogens with zero attached hydrogens (tertiary/aromatic N) is 5. The lowest BCUT2D eigenvalue weighted by Crippen LogP contribution is -2.34. The molecule has 0 atom stereocenters. The second-order valence-corrected chi connectivity index (χ2v) is 8.55. The van der Waals surface area contributed by atoms with Crippen LogP contribution in [0.2, 0.25) is 0 Å². The van der Waals surface area contributed by atoms with E-state index in [-0.39, 0.29) is 0 Å². The van der Waals surface area contributed by atoms with Crippen molar-refractivity contribution in [3.8, 4) is 0 Å². The molecular formula is C21H25N7S. The van der Waals surface area contributed by atoms with Gasteiger partial charge in [0.1, 0.15) is 5.82 Å². The summed E-state index contributed by atoms with van der Waals surface area (Å²) < 4.78 is 2.31. The Morgan fingerprint density at radius 3 is 2.76 bits per heavy atom. The Kier molecular flexibility index (Phi) is 5.03. The first-order valence-corrected chi connectivity index (χ1v) is 11.0. The molecule has 0 amide bonds. The van der Waals surface area contributed by atoms with E-state index in [9.17, 15) is 0 Å². The van der Waals surface area contributed by atoms with Gasteiger partial charge >= 0.3 is 0 Å². The zero-order valence-corrected chi connectivity index (χ0v) is 17.2. The van der Waals surface area contributed by atoms with Crippen LogP contribution in [0.15, 0.2) is 42.2 Å². The van der Waals surface area contributed by atoms with Crippen LogP contribution >= 0.6 is 11.3 Å². The van der Waals surface area contributed by atoms with Crippen molar-refractivity contribution in [2.75, 3.05) is 37.2 Å². The lowest BCUT2D eigenvalue weighted by atomic mass is 9.90. The number of imidazole rings is 1. The zero-order valence-electron chi connectivity index (χ0n) is 16.3. The average Bonchev–Trinajstić information content (AvgIpc) is 3.34. The molecule has 2 aliphatic heterocycles. The smallest absolute Gasteiger partial charge is 0.207 e. The fourth-order valence-electron chi connectivity index (χ4n) is 4.33. The molecular weight excluding hydrogens is 382 g/mol. The SMILES string of the molecule is Nc1nnc(NCCN2CCC(=C3c4ccccc4CCn4ccnc43)CC2)s1. The highest BCUT2D eigenvalue weighted by molar-refractivity contribution is 7.18. The molecule has 1 fully saturated rings. The van der Waals surface area contributed by atoms with Gasteiger partial charge in [-0.3, -0.25) is 0 Å². The van der Waals surface area contributed by atoms with E-state index in [0.29, 0.717) is 5.13 Å². The van der Waals surface area contributed by atoms with Crippen LogP contribution in [-0.4, -0.2) is 50.8 Å². The molecule has 1 saturated heterocycles. The number of nitrogen functional groups attached to an aromatic ring is 1. The quantitative estimate of drug-likeness (QED) is 0.692. The van der Waals surface area contributed by atoms with Crippen molar-refractivity contribution in [2.45, 2.75) is 25.8 Å². The predicted molar refractivity (Wildman–Crippen MR) is 117 cm³/mol. The third-order valence-corrected chi connectivity index (χ3v) is 6.52. The molecule has 29 heavy (non-hydrogen) atoms. The highest BCUT2D eigenvalue weighted by Gasteiger charge is 2.24. The number of aryl methyl sites for hydroxylation is 2. The molecule has 0 bridgehead atoms. The molecule has 5 rings (SSSR count). The Morgan fingerprint density at radius 2 is 1.93 bits per heavy atom. The minimum atomic E-state index is 0.504. The van der Waals surface area contributed by atoms with Gasteiger partial charge in [0.05, 0.1) is 0 Å². The van der Waals surface area contributed by atoms with Gasteiger partial charge in [0.25, 0.3) is 0 Å². The standard InChI is InChI=1S/C21H25N7S/c22-20-25-26-21(29-20)24-8-13-27-10-5-16(6-11-27)18-17-4-2-1-3-15(17)7-12-28-14-9-23-19(18)28/h1-4,9,14H,5-8,10-13H2,(H2,22,25)(H,24,26). The Morgan fingerprint density at radius 1 is 1.07 bits per heavy atom. The number of likely N-dealkylation sites (tertiary alicyclic amines) is 1. The molecule has 0 saturated carbocycles. The summed E-state index contributed by atoms with van der Waals surface area (Å²) in [5.74, 6) is 1.13. The fraction of sp³-hybridized carbons (Fsp3) is 0.381. The van der Waals surface area contributed by atoms with Gasteiger partial charge in [-0.2, -0.15) is 0 Å². The first-order valence-electron chi connectivity index (χ1n) is 10.1. The highest BCUT2D eigenvalue weighted by atomic mass is 32.1. The van der Waals surface area contributed by atoms with E-state index in [1.165, 1.54) is 33.6 Å². The summed E-state index contributed by atoms with van der Waals surface area (Å²) in [7, 11) is 0. The van der Waals surface area contributed by atoms with E-state index >= 15 is 0 Å². The number of benzene rings is 1. The normalized spacial score (nSPS) is 17.0. The van der Waals surface area contributed by atoms with Gasteiger partial charge in [-0.25, -0.2) is 4.98 Å². The monoisotopic (exact) mass is 407 g/mol. The van der Waals surface area contributed by atoms with Gasteiger partial charge in [-0.05, 0) is 30.4 Å². The van der Waals surface area contributed by atoms with Crippen molar-refractivity contribution in [1.82, 2.24) is 24.6 Å². The van der Waals surface area contributed by atoms with Gasteiger partial charge in [0.15, 0.2) is 0 Å². The fourth-order valence-corrected chi connectivity index (χ4v) is 4.87. The lowest BCUT2D eigenvalue weighted by Gasteiger charge is -2.30. The molecule has 0 unspecified atom stereocenters. The largest absolute Gasteiger partial charge is 0.374 e. The summed E-state index contributed by atoms with van der Waals surface area (Å²) in [5, 5.41) is 12.5. The topological polar surface area (TPSA) is 84.9 Å². The molecule has 2 aromatic heterocycles. The molecule has 7 nitrogen and oxygen atoms in total. The van der Waals surface area contributed by atoms with Crippen LogP contribution in [0, 0.1) is 0 Å². The maximum absolute atomic E-state index is 5.63. The molecule has 1 aromatic carbocycles. The van der Waals surface area contributed by atoms with E-state index in [2.05, 4.69) is 55.4 Å². The summed E-state index contributed by atoms with van der Waals surface area (Å²) >= 11 is 1.39. The number of anilines is 2. The summed E-state index contributed by atoms with van der Waals surface area (Å²) in [6.45, 7) is 4.99. The maximum atomic E-state index is 5.63.